The highest BCUT2D eigenvalue weighted by atomic mass is 16.5. The van der Waals surface area contributed by atoms with Crippen LogP contribution in [-0.4, -0.2) is 53.5 Å². The van der Waals surface area contributed by atoms with E-state index in [1.807, 2.05) is 18.2 Å². The van der Waals surface area contributed by atoms with Crippen molar-refractivity contribution in [2.24, 2.45) is 0 Å². The number of fused-ring (bicyclic) bond motifs is 1. The molecule has 2 atom stereocenters. The predicted octanol–water partition coefficient (Wildman–Crippen LogP) is 1.98. The molecule has 4 rings (SSSR count). The predicted molar refractivity (Wildman–Crippen MR) is 110 cm³/mol. The third kappa shape index (κ3) is 4.56. The van der Waals surface area contributed by atoms with Crippen LogP contribution in [0.3, 0.4) is 0 Å². The Labute approximate surface area is 168 Å². The van der Waals surface area contributed by atoms with Crippen molar-refractivity contribution in [2.75, 3.05) is 19.7 Å². The second-order valence-electron chi connectivity index (χ2n) is 7.58. The van der Waals surface area contributed by atoms with Crippen molar-refractivity contribution in [1.29, 1.82) is 0 Å². The molecule has 1 saturated heterocycles. The number of carbonyl (C=O) groups is 2. The molecule has 0 bridgehead atoms. The number of H-pyrrole nitrogens is 1. The molecule has 2 aliphatic heterocycles. The van der Waals surface area contributed by atoms with Gasteiger partial charge in [-0.15, -0.1) is 0 Å². The van der Waals surface area contributed by atoms with E-state index in [2.05, 4.69) is 10.3 Å². The molecule has 29 heavy (non-hydrogen) atoms. The lowest BCUT2D eigenvalue weighted by molar-refractivity contribution is -0.122. The van der Waals surface area contributed by atoms with E-state index in [1.165, 1.54) is 6.07 Å². The van der Waals surface area contributed by atoms with Crippen molar-refractivity contribution < 1.29 is 14.3 Å². The number of nitrogens with zero attached hydrogens (tertiary/aromatic N) is 1. The number of pyridine rings is 1. The first kappa shape index (κ1) is 19.4. The molecular formula is C22H25N3O4. The molecule has 152 valence electrons. The van der Waals surface area contributed by atoms with Crippen molar-refractivity contribution >= 4 is 22.7 Å². The minimum absolute atomic E-state index is 0.0288. The van der Waals surface area contributed by atoms with Gasteiger partial charge >= 0.3 is 0 Å². The van der Waals surface area contributed by atoms with Gasteiger partial charge in [0.2, 0.25) is 11.5 Å². The second-order valence-corrected chi connectivity index (χ2v) is 7.58. The zero-order chi connectivity index (χ0) is 20.2. The van der Waals surface area contributed by atoms with E-state index in [0.29, 0.717) is 30.6 Å². The molecule has 2 aliphatic rings. The number of carbonyl (C=O) groups excluding carboxylic acids is 2. The van der Waals surface area contributed by atoms with Crippen molar-refractivity contribution in [3.8, 4) is 0 Å². The van der Waals surface area contributed by atoms with Crippen LogP contribution in [0.4, 0.5) is 0 Å². The minimum Gasteiger partial charge on any atom is -0.378 e. The summed E-state index contributed by atoms with van der Waals surface area (Å²) in [5, 5.41) is 3.80. The fraction of sp³-hybridized carbons (Fsp3) is 0.409. The van der Waals surface area contributed by atoms with Gasteiger partial charge < -0.3 is 19.9 Å². The summed E-state index contributed by atoms with van der Waals surface area (Å²) >= 11 is 0. The number of aromatic nitrogens is 1. The Morgan fingerprint density at radius 3 is 2.97 bits per heavy atom. The monoisotopic (exact) mass is 395 g/mol. The number of aromatic amines is 1. The first-order valence-corrected chi connectivity index (χ1v) is 10.1. The van der Waals surface area contributed by atoms with E-state index in [0.717, 1.165) is 31.3 Å². The fourth-order valence-electron chi connectivity index (χ4n) is 3.96. The highest BCUT2D eigenvalue weighted by Gasteiger charge is 2.24. The van der Waals surface area contributed by atoms with Crippen LogP contribution in [0.15, 0.2) is 47.3 Å². The van der Waals surface area contributed by atoms with Crippen LogP contribution in [0.1, 0.15) is 36.0 Å². The average Bonchev–Trinajstić information content (AvgIpc) is 3.25. The average molecular weight is 395 g/mol. The molecule has 0 spiro atoms. The van der Waals surface area contributed by atoms with Gasteiger partial charge in [0.15, 0.2) is 0 Å². The van der Waals surface area contributed by atoms with Crippen molar-refractivity contribution in [3.05, 3.63) is 58.4 Å². The summed E-state index contributed by atoms with van der Waals surface area (Å²) in [6.45, 7) is 1.65. The van der Waals surface area contributed by atoms with Gasteiger partial charge in [0, 0.05) is 32.2 Å². The summed E-state index contributed by atoms with van der Waals surface area (Å²) < 4.78 is 5.56. The van der Waals surface area contributed by atoms with E-state index in [-0.39, 0.29) is 29.5 Å². The molecule has 2 aromatic rings. The van der Waals surface area contributed by atoms with E-state index < -0.39 is 0 Å². The van der Waals surface area contributed by atoms with Gasteiger partial charge in [0.1, 0.15) is 0 Å². The first-order chi connectivity index (χ1) is 14.1. The van der Waals surface area contributed by atoms with Crippen molar-refractivity contribution in [2.45, 2.75) is 37.8 Å². The van der Waals surface area contributed by atoms with Crippen LogP contribution < -0.4 is 10.9 Å². The summed E-state index contributed by atoms with van der Waals surface area (Å²) in [4.78, 5) is 41.5. The van der Waals surface area contributed by atoms with Gasteiger partial charge in [0.25, 0.3) is 5.91 Å². The van der Waals surface area contributed by atoms with Gasteiger partial charge in [-0.25, -0.2) is 0 Å². The fourth-order valence-corrected chi connectivity index (χ4v) is 3.96. The quantitative estimate of drug-likeness (QED) is 0.758. The minimum atomic E-state index is -0.243. The summed E-state index contributed by atoms with van der Waals surface area (Å²) in [5.41, 5.74) is 0.753. The maximum Gasteiger partial charge on any atom is 0.256 e. The van der Waals surface area contributed by atoms with Crippen LogP contribution >= 0.6 is 0 Å². The molecule has 2 N–H and O–H groups in total. The molecule has 0 radical (unpaired) electrons. The highest BCUT2D eigenvalue weighted by Crippen LogP contribution is 2.19. The summed E-state index contributed by atoms with van der Waals surface area (Å²) in [6, 6.07) is 8.31. The van der Waals surface area contributed by atoms with E-state index >= 15 is 0 Å². The number of nitrogens with one attached hydrogen (secondary N) is 2. The highest BCUT2D eigenvalue weighted by molar-refractivity contribution is 6.05. The Morgan fingerprint density at radius 2 is 2.14 bits per heavy atom. The van der Waals surface area contributed by atoms with Gasteiger partial charge in [-0.3, -0.25) is 14.4 Å². The Hall–Kier alpha value is -2.93. The maximum absolute atomic E-state index is 13.1. The Morgan fingerprint density at radius 1 is 1.24 bits per heavy atom. The van der Waals surface area contributed by atoms with Crippen LogP contribution in [0, 0.1) is 0 Å². The lowest BCUT2D eigenvalue weighted by atomic mass is 10.1. The van der Waals surface area contributed by atoms with Gasteiger partial charge in [-0.2, -0.15) is 0 Å². The molecule has 7 heteroatoms. The maximum atomic E-state index is 13.1. The topological polar surface area (TPSA) is 91.5 Å². The Balaban J connectivity index is 1.40. The van der Waals surface area contributed by atoms with E-state index in [4.69, 9.17) is 4.74 Å². The van der Waals surface area contributed by atoms with Gasteiger partial charge in [0.05, 0.1) is 23.2 Å². The Kier molecular flexibility index (Phi) is 5.76. The normalized spacial score (nSPS) is 21.4. The zero-order valence-electron chi connectivity index (χ0n) is 16.2. The molecule has 0 aliphatic carbocycles. The number of ether oxygens (including phenoxy) is 1. The van der Waals surface area contributed by atoms with Crippen molar-refractivity contribution in [1.82, 2.24) is 15.2 Å². The number of amides is 2. The largest absolute Gasteiger partial charge is 0.378 e. The number of rotatable bonds is 5. The van der Waals surface area contributed by atoms with Crippen LogP contribution in [0.5, 0.6) is 0 Å². The molecule has 1 aromatic heterocycles. The second kappa shape index (κ2) is 8.61. The molecule has 0 saturated carbocycles. The molecule has 2 unspecified atom stereocenters. The number of benzene rings is 1. The first-order valence-electron chi connectivity index (χ1n) is 10.1. The van der Waals surface area contributed by atoms with E-state index in [1.54, 1.807) is 23.1 Å². The molecule has 7 nitrogen and oxygen atoms in total. The molecular weight excluding hydrogens is 370 g/mol. The van der Waals surface area contributed by atoms with E-state index in [9.17, 15) is 14.4 Å². The summed E-state index contributed by atoms with van der Waals surface area (Å²) in [7, 11) is 0. The van der Waals surface area contributed by atoms with Gasteiger partial charge in [-0.1, -0.05) is 24.3 Å². The zero-order valence-corrected chi connectivity index (χ0v) is 16.2. The van der Waals surface area contributed by atoms with Crippen LogP contribution in [0.2, 0.25) is 0 Å². The standard InChI is InChI=1S/C22H25N3O4/c26-19(11-9-17-6-3-13-29-17)23-16-5-2-12-25(14-16)22(28)18-7-1-4-15-8-10-20(27)24-21(15)18/h1-2,4-5,7-8,10,16-17H,3,6,9,11-14H2,(H,23,26)(H,24,27). The Bertz CT molecular complexity index is 991. The van der Waals surface area contributed by atoms with Crippen molar-refractivity contribution in [3.63, 3.8) is 0 Å². The molecule has 1 aromatic carbocycles. The molecule has 1 fully saturated rings. The third-order valence-electron chi connectivity index (χ3n) is 5.45. The molecule has 3 heterocycles. The lowest BCUT2D eigenvalue weighted by Crippen LogP contribution is -2.47. The SMILES string of the molecule is O=C(CCC1CCCO1)NC1C=CCN(C(=O)c2cccc3ccc(=O)[nH]c23)C1. The van der Waals surface area contributed by atoms with Gasteiger partial charge in [-0.05, 0) is 36.8 Å². The number of hydrogen-bond acceptors (Lipinski definition) is 4. The summed E-state index contributed by atoms with van der Waals surface area (Å²) in [6.07, 6.45) is 7.25. The third-order valence-corrected chi connectivity index (χ3v) is 5.45. The number of para-hydroxylation sites is 1. The lowest BCUT2D eigenvalue weighted by Gasteiger charge is -2.29. The number of hydrogen-bond donors (Lipinski definition) is 2. The van der Waals surface area contributed by atoms with Crippen LogP contribution in [0.25, 0.3) is 10.9 Å². The molecule has 2 amide bonds. The van der Waals surface area contributed by atoms with Crippen LogP contribution in [-0.2, 0) is 9.53 Å². The summed E-state index contributed by atoms with van der Waals surface area (Å²) in [5.74, 6) is -0.195. The smallest absolute Gasteiger partial charge is 0.256 e.